The molecule has 0 spiro atoms. The van der Waals surface area contributed by atoms with Gasteiger partial charge in [-0.25, -0.2) is 4.79 Å². The van der Waals surface area contributed by atoms with E-state index in [9.17, 15) is 14.4 Å². The smallest absolute Gasteiger partial charge is 0.325 e. The summed E-state index contributed by atoms with van der Waals surface area (Å²) in [6, 6.07) is 14.1. The first-order valence-electron chi connectivity index (χ1n) is 10.1. The Bertz CT molecular complexity index is 1120. The maximum Gasteiger partial charge on any atom is 0.325 e. The lowest BCUT2D eigenvalue weighted by Crippen LogP contribution is -2.42. The number of nitrogens with zero attached hydrogens (tertiary/aromatic N) is 1. The van der Waals surface area contributed by atoms with Crippen molar-refractivity contribution >= 4 is 28.7 Å². The number of carbonyl (C=O) groups is 3. The zero-order valence-corrected chi connectivity index (χ0v) is 17.2. The highest BCUT2D eigenvalue weighted by Gasteiger charge is 2.39. The average molecular weight is 420 g/mol. The highest BCUT2D eigenvalue weighted by Crippen LogP contribution is 2.21. The number of carbonyl (C=O) groups excluding carboxylic acids is 3. The number of aromatic nitrogens is 1. The zero-order valence-electron chi connectivity index (χ0n) is 17.2. The number of hydrogen-bond donors (Lipinski definition) is 3. The first-order valence-corrected chi connectivity index (χ1v) is 10.1. The number of amides is 4. The van der Waals surface area contributed by atoms with Crippen LogP contribution in [0.5, 0.6) is 5.75 Å². The summed E-state index contributed by atoms with van der Waals surface area (Å²) in [5.41, 5.74) is 2.99. The minimum atomic E-state index is -0.691. The highest BCUT2D eigenvalue weighted by atomic mass is 16.5. The lowest BCUT2D eigenvalue weighted by molar-refractivity contribution is -0.132. The van der Waals surface area contributed by atoms with E-state index in [-0.39, 0.29) is 13.1 Å². The van der Waals surface area contributed by atoms with E-state index in [0.717, 1.165) is 32.7 Å². The van der Waals surface area contributed by atoms with Crippen molar-refractivity contribution in [3.05, 3.63) is 65.9 Å². The number of fused-ring (bicyclic) bond motifs is 1. The fourth-order valence-corrected chi connectivity index (χ4v) is 3.65. The van der Waals surface area contributed by atoms with Gasteiger partial charge in [0.1, 0.15) is 24.9 Å². The van der Waals surface area contributed by atoms with Gasteiger partial charge in [-0.15, -0.1) is 0 Å². The largest absolute Gasteiger partial charge is 0.492 e. The van der Waals surface area contributed by atoms with E-state index in [1.807, 2.05) is 61.7 Å². The predicted octanol–water partition coefficient (Wildman–Crippen LogP) is 2.13. The second-order valence-corrected chi connectivity index (χ2v) is 7.51. The number of H-pyrrole nitrogens is 1. The van der Waals surface area contributed by atoms with Gasteiger partial charge in [0.25, 0.3) is 5.91 Å². The molecular weight excluding hydrogens is 396 g/mol. The topological polar surface area (TPSA) is 104 Å². The molecule has 4 rings (SSSR count). The van der Waals surface area contributed by atoms with Gasteiger partial charge in [0, 0.05) is 23.5 Å². The summed E-state index contributed by atoms with van der Waals surface area (Å²) in [6.45, 7) is 2.21. The normalized spacial score (nSPS) is 15.9. The molecule has 8 nitrogen and oxygen atoms in total. The average Bonchev–Trinajstić information content (AvgIpc) is 3.28. The second-order valence-electron chi connectivity index (χ2n) is 7.51. The number of para-hydroxylation sites is 1. The number of aryl methyl sites for hydroxylation is 1. The van der Waals surface area contributed by atoms with E-state index >= 15 is 0 Å². The van der Waals surface area contributed by atoms with Crippen molar-refractivity contribution in [2.75, 3.05) is 19.7 Å². The van der Waals surface area contributed by atoms with Crippen molar-refractivity contribution in [1.29, 1.82) is 0 Å². The maximum absolute atomic E-state index is 12.7. The van der Waals surface area contributed by atoms with Crippen LogP contribution in [0.3, 0.4) is 0 Å². The van der Waals surface area contributed by atoms with E-state index in [4.69, 9.17) is 4.74 Å². The minimum Gasteiger partial charge on any atom is -0.492 e. The number of benzene rings is 2. The number of rotatable bonds is 8. The third-order valence-corrected chi connectivity index (χ3v) is 5.19. The number of imide groups is 1. The summed E-state index contributed by atoms with van der Waals surface area (Å²) in [5.74, 6) is -0.0889. The van der Waals surface area contributed by atoms with E-state index in [2.05, 4.69) is 15.6 Å². The second kappa shape index (κ2) is 8.91. The van der Waals surface area contributed by atoms with Crippen molar-refractivity contribution in [2.24, 2.45) is 0 Å². The van der Waals surface area contributed by atoms with Crippen LogP contribution in [0, 0.1) is 6.92 Å². The summed E-state index contributed by atoms with van der Waals surface area (Å²) < 4.78 is 5.58. The molecule has 0 saturated carbocycles. The van der Waals surface area contributed by atoms with Gasteiger partial charge in [0.2, 0.25) is 5.91 Å². The first kappa shape index (κ1) is 20.5. The fraction of sp³-hybridized carbons (Fsp3) is 0.261. The van der Waals surface area contributed by atoms with Gasteiger partial charge in [-0.2, -0.15) is 0 Å². The maximum atomic E-state index is 12.7. The van der Waals surface area contributed by atoms with Gasteiger partial charge < -0.3 is 20.4 Å². The molecule has 0 radical (unpaired) electrons. The third kappa shape index (κ3) is 4.69. The molecule has 4 amide bonds. The Kier molecular flexibility index (Phi) is 5.88. The van der Waals surface area contributed by atoms with Gasteiger partial charge in [0.15, 0.2) is 0 Å². The number of nitrogens with one attached hydrogen (secondary N) is 3. The number of hydrogen-bond acceptors (Lipinski definition) is 4. The summed E-state index contributed by atoms with van der Waals surface area (Å²) in [4.78, 5) is 41.3. The van der Waals surface area contributed by atoms with Gasteiger partial charge >= 0.3 is 6.03 Å². The number of urea groups is 1. The number of ether oxygens (including phenoxy) is 1. The van der Waals surface area contributed by atoms with Crippen LogP contribution in [0.2, 0.25) is 0 Å². The Morgan fingerprint density at radius 3 is 2.84 bits per heavy atom. The van der Waals surface area contributed by atoms with Gasteiger partial charge in [-0.1, -0.05) is 30.3 Å². The first-order chi connectivity index (χ1) is 15.0. The molecule has 1 fully saturated rings. The summed E-state index contributed by atoms with van der Waals surface area (Å²) in [5, 5.41) is 6.36. The van der Waals surface area contributed by atoms with Crippen LogP contribution in [-0.4, -0.2) is 53.5 Å². The highest BCUT2D eigenvalue weighted by molar-refractivity contribution is 6.06. The molecule has 1 saturated heterocycles. The fourth-order valence-electron chi connectivity index (χ4n) is 3.65. The number of aromatic amines is 1. The monoisotopic (exact) mass is 420 g/mol. The molecule has 1 atom stereocenters. The molecule has 2 aromatic carbocycles. The molecule has 2 heterocycles. The predicted molar refractivity (Wildman–Crippen MR) is 116 cm³/mol. The van der Waals surface area contributed by atoms with E-state index in [1.54, 1.807) is 0 Å². The van der Waals surface area contributed by atoms with Gasteiger partial charge in [-0.3, -0.25) is 14.5 Å². The van der Waals surface area contributed by atoms with Crippen molar-refractivity contribution in [2.45, 2.75) is 19.4 Å². The minimum absolute atomic E-state index is 0.273. The third-order valence-electron chi connectivity index (χ3n) is 5.19. The summed E-state index contributed by atoms with van der Waals surface area (Å²) in [7, 11) is 0. The molecule has 3 aromatic rings. The molecule has 0 aliphatic carbocycles. The SMILES string of the molecule is Cc1cccc(OCCNC(=O)CN2C(=O)NC(Cc3c[nH]c4ccccc34)C2=O)c1. The van der Waals surface area contributed by atoms with E-state index in [0.29, 0.717) is 13.0 Å². The van der Waals surface area contributed by atoms with Crippen molar-refractivity contribution in [3.8, 4) is 5.75 Å². The molecule has 0 bridgehead atoms. The van der Waals surface area contributed by atoms with Crippen LogP contribution in [0.25, 0.3) is 10.9 Å². The molecule has 3 N–H and O–H groups in total. The summed E-state index contributed by atoms with van der Waals surface area (Å²) >= 11 is 0. The molecule has 1 aliphatic rings. The van der Waals surface area contributed by atoms with Gasteiger partial charge in [0.05, 0.1) is 6.54 Å². The van der Waals surface area contributed by atoms with Crippen molar-refractivity contribution in [3.63, 3.8) is 0 Å². The van der Waals surface area contributed by atoms with Crippen LogP contribution in [-0.2, 0) is 16.0 Å². The Morgan fingerprint density at radius 2 is 2.00 bits per heavy atom. The standard InChI is InChI=1S/C23H24N4O4/c1-15-5-4-6-17(11-15)31-10-9-24-21(28)14-27-22(29)20(26-23(27)30)12-16-13-25-19-8-3-2-7-18(16)19/h2-8,11,13,20,25H,9-10,12,14H2,1H3,(H,24,28)(H,26,30). The van der Waals surface area contributed by atoms with Crippen LogP contribution in [0.15, 0.2) is 54.7 Å². The molecule has 160 valence electrons. The van der Waals surface area contributed by atoms with Crippen molar-refractivity contribution in [1.82, 2.24) is 20.5 Å². The van der Waals surface area contributed by atoms with Crippen LogP contribution >= 0.6 is 0 Å². The van der Waals surface area contributed by atoms with E-state index < -0.39 is 23.9 Å². The van der Waals surface area contributed by atoms with Crippen LogP contribution in [0.4, 0.5) is 4.79 Å². The Balaban J connectivity index is 1.27. The Morgan fingerprint density at radius 1 is 1.16 bits per heavy atom. The van der Waals surface area contributed by atoms with Crippen LogP contribution < -0.4 is 15.4 Å². The lowest BCUT2D eigenvalue weighted by atomic mass is 10.1. The zero-order chi connectivity index (χ0) is 21.8. The molecule has 1 aliphatic heterocycles. The summed E-state index contributed by atoms with van der Waals surface area (Å²) in [6.07, 6.45) is 2.20. The molecular formula is C23H24N4O4. The Hall–Kier alpha value is -3.81. The van der Waals surface area contributed by atoms with Gasteiger partial charge in [-0.05, 0) is 36.2 Å². The van der Waals surface area contributed by atoms with Crippen LogP contribution in [0.1, 0.15) is 11.1 Å². The molecule has 8 heteroatoms. The molecule has 1 aromatic heterocycles. The van der Waals surface area contributed by atoms with E-state index in [1.165, 1.54) is 0 Å². The quantitative estimate of drug-likeness (QED) is 0.384. The Labute approximate surface area is 179 Å². The molecule has 31 heavy (non-hydrogen) atoms. The molecule has 1 unspecified atom stereocenters. The van der Waals surface area contributed by atoms with Crippen molar-refractivity contribution < 1.29 is 19.1 Å². The lowest BCUT2D eigenvalue weighted by Gasteiger charge is -2.13.